The summed E-state index contributed by atoms with van der Waals surface area (Å²) in [4.78, 5) is 14.5. The van der Waals surface area contributed by atoms with Gasteiger partial charge in [-0.3, -0.25) is 9.79 Å². The summed E-state index contributed by atoms with van der Waals surface area (Å²) in [5, 5.41) is 0. The molecule has 0 aromatic carbocycles. The summed E-state index contributed by atoms with van der Waals surface area (Å²) in [6, 6.07) is 0. The van der Waals surface area contributed by atoms with E-state index in [4.69, 9.17) is 0 Å². The van der Waals surface area contributed by atoms with Crippen LogP contribution in [0.5, 0.6) is 0 Å². The van der Waals surface area contributed by atoms with E-state index in [9.17, 15) is 4.79 Å². The first-order chi connectivity index (χ1) is 5.22. The van der Waals surface area contributed by atoms with E-state index in [2.05, 4.69) is 18.2 Å². The molecule has 0 aromatic heterocycles. The number of Topliss-reactive ketones (excluding diaryl/α,β-unsaturated/α-hetero) is 1. The van der Waals surface area contributed by atoms with Crippen LogP contribution in [0.1, 0.15) is 6.92 Å². The van der Waals surface area contributed by atoms with Gasteiger partial charge in [0.2, 0.25) is 0 Å². The lowest BCUT2D eigenvalue weighted by Gasteiger charge is -1.89. The number of rotatable bonds is 4. The van der Waals surface area contributed by atoms with E-state index in [-0.39, 0.29) is 5.78 Å². The van der Waals surface area contributed by atoms with Gasteiger partial charge in [0.15, 0.2) is 5.78 Å². The molecule has 0 N–H and O–H groups in total. The molecule has 2 nitrogen and oxygen atoms in total. The minimum Gasteiger partial charge on any atom is -0.294 e. The van der Waals surface area contributed by atoms with Gasteiger partial charge in [0.1, 0.15) is 0 Å². The van der Waals surface area contributed by atoms with Crippen LogP contribution in [0.25, 0.3) is 0 Å². The van der Waals surface area contributed by atoms with Crippen molar-refractivity contribution in [2.45, 2.75) is 6.92 Å². The standard InChI is InChI=1S/C9H11NO/c1-4-6-9(8(3)11)7-10-5-2/h4-7H,1-2H2,3H3/b9-6+,10-7?. The first-order valence-electron chi connectivity index (χ1n) is 3.20. The first kappa shape index (κ1) is 9.56. The Hall–Kier alpha value is -1.44. The fraction of sp³-hybridized carbons (Fsp3) is 0.111. The van der Waals surface area contributed by atoms with Crippen LogP contribution in [0.15, 0.2) is 42.1 Å². The van der Waals surface area contributed by atoms with Crippen LogP contribution in [0.4, 0.5) is 0 Å². The average Bonchev–Trinajstić information content (AvgIpc) is 1.97. The second kappa shape index (κ2) is 5.35. The van der Waals surface area contributed by atoms with Crippen LogP contribution >= 0.6 is 0 Å². The first-order valence-corrected chi connectivity index (χ1v) is 3.20. The maximum atomic E-state index is 10.8. The normalized spacial score (nSPS) is 11.5. The highest BCUT2D eigenvalue weighted by Gasteiger charge is 1.96. The number of ketones is 1. The highest BCUT2D eigenvalue weighted by atomic mass is 16.1. The van der Waals surface area contributed by atoms with Gasteiger partial charge >= 0.3 is 0 Å². The van der Waals surface area contributed by atoms with Gasteiger partial charge < -0.3 is 0 Å². The van der Waals surface area contributed by atoms with Crippen LogP contribution in [0.3, 0.4) is 0 Å². The molecule has 0 bridgehead atoms. The minimum absolute atomic E-state index is 0.0319. The van der Waals surface area contributed by atoms with Crippen LogP contribution < -0.4 is 0 Å². The Morgan fingerprint density at radius 1 is 1.45 bits per heavy atom. The number of carbonyl (C=O) groups excluding carboxylic acids is 1. The molecule has 0 aromatic rings. The zero-order chi connectivity index (χ0) is 8.69. The molecular formula is C9H11NO. The topological polar surface area (TPSA) is 29.4 Å². The Kier molecular flexibility index (Phi) is 4.65. The summed E-state index contributed by atoms with van der Waals surface area (Å²) < 4.78 is 0. The lowest BCUT2D eigenvalue weighted by molar-refractivity contribution is -0.113. The maximum Gasteiger partial charge on any atom is 0.161 e. The van der Waals surface area contributed by atoms with E-state index in [1.807, 2.05) is 0 Å². The number of carbonyl (C=O) groups is 1. The van der Waals surface area contributed by atoms with E-state index in [0.717, 1.165) is 0 Å². The molecule has 0 rings (SSSR count). The summed E-state index contributed by atoms with van der Waals surface area (Å²) in [6.07, 6.45) is 5.98. The monoisotopic (exact) mass is 149 g/mol. The number of hydrogen-bond donors (Lipinski definition) is 0. The molecule has 0 aliphatic rings. The van der Waals surface area contributed by atoms with Gasteiger partial charge in [-0.2, -0.15) is 0 Å². The Morgan fingerprint density at radius 3 is 2.45 bits per heavy atom. The number of hydrogen-bond acceptors (Lipinski definition) is 2. The highest BCUT2D eigenvalue weighted by molar-refractivity contribution is 6.12. The largest absolute Gasteiger partial charge is 0.294 e. The fourth-order valence-corrected chi connectivity index (χ4v) is 0.511. The van der Waals surface area contributed by atoms with Gasteiger partial charge in [-0.15, -0.1) is 0 Å². The van der Waals surface area contributed by atoms with Crippen molar-refractivity contribution in [1.29, 1.82) is 0 Å². The molecule has 0 saturated carbocycles. The molecular weight excluding hydrogens is 138 g/mol. The van der Waals surface area contributed by atoms with Crippen molar-refractivity contribution in [3.8, 4) is 0 Å². The quantitative estimate of drug-likeness (QED) is 0.341. The summed E-state index contributed by atoms with van der Waals surface area (Å²) in [7, 11) is 0. The number of aliphatic imine (C=N–C) groups is 1. The Labute approximate surface area is 66.6 Å². The molecule has 0 saturated heterocycles. The highest BCUT2D eigenvalue weighted by Crippen LogP contribution is 1.92. The molecule has 0 heterocycles. The minimum atomic E-state index is -0.0319. The van der Waals surface area contributed by atoms with Crippen molar-refractivity contribution in [3.63, 3.8) is 0 Å². The number of nitrogens with zero attached hydrogens (tertiary/aromatic N) is 1. The molecule has 2 heteroatoms. The lowest BCUT2D eigenvalue weighted by atomic mass is 10.2. The van der Waals surface area contributed by atoms with Gasteiger partial charge in [-0.05, 0) is 6.92 Å². The molecule has 0 fully saturated rings. The molecule has 0 radical (unpaired) electrons. The molecule has 58 valence electrons. The van der Waals surface area contributed by atoms with Crippen molar-refractivity contribution in [2.75, 3.05) is 0 Å². The molecule has 0 unspecified atom stereocenters. The van der Waals surface area contributed by atoms with Gasteiger partial charge in [-0.1, -0.05) is 25.3 Å². The van der Waals surface area contributed by atoms with E-state index in [0.29, 0.717) is 5.57 Å². The van der Waals surface area contributed by atoms with E-state index in [1.165, 1.54) is 19.3 Å². The fourth-order valence-electron chi connectivity index (χ4n) is 0.511. The van der Waals surface area contributed by atoms with Crippen molar-refractivity contribution in [2.24, 2.45) is 4.99 Å². The van der Waals surface area contributed by atoms with Crippen LogP contribution in [0, 0.1) is 0 Å². The SMILES string of the molecule is C=C/C=C(\C=NC=C)C(C)=O. The van der Waals surface area contributed by atoms with Gasteiger partial charge in [-0.25, -0.2) is 0 Å². The second-order valence-corrected chi connectivity index (χ2v) is 1.87. The second-order valence-electron chi connectivity index (χ2n) is 1.87. The third-order valence-corrected chi connectivity index (χ3v) is 1.02. The zero-order valence-electron chi connectivity index (χ0n) is 6.58. The lowest BCUT2D eigenvalue weighted by Crippen LogP contribution is -1.96. The Balaban J connectivity index is 4.47. The molecule has 0 amide bonds. The van der Waals surface area contributed by atoms with Gasteiger partial charge in [0, 0.05) is 18.0 Å². The molecule has 0 aliphatic heterocycles. The smallest absolute Gasteiger partial charge is 0.161 e. The number of allylic oxidation sites excluding steroid dienone is 3. The molecule has 0 atom stereocenters. The molecule has 0 aliphatic carbocycles. The summed E-state index contributed by atoms with van der Waals surface area (Å²) in [5.74, 6) is -0.0319. The summed E-state index contributed by atoms with van der Waals surface area (Å²) >= 11 is 0. The maximum absolute atomic E-state index is 10.8. The van der Waals surface area contributed by atoms with E-state index < -0.39 is 0 Å². The van der Waals surface area contributed by atoms with Gasteiger partial charge in [0.05, 0.1) is 0 Å². The van der Waals surface area contributed by atoms with Crippen LogP contribution in [-0.2, 0) is 4.79 Å². The predicted molar refractivity (Wildman–Crippen MR) is 47.7 cm³/mol. The Morgan fingerprint density at radius 2 is 2.09 bits per heavy atom. The third-order valence-electron chi connectivity index (χ3n) is 1.02. The van der Waals surface area contributed by atoms with Gasteiger partial charge in [0.25, 0.3) is 0 Å². The third kappa shape index (κ3) is 4.03. The van der Waals surface area contributed by atoms with Crippen molar-refractivity contribution >= 4 is 12.0 Å². The average molecular weight is 149 g/mol. The summed E-state index contributed by atoms with van der Waals surface area (Å²) in [6.45, 7) is 8.34. The van der Waals surface area contributed by atoms with E-state index >= 15 is 0 Å². The van der Waals surface area contributed by atoms with Crippen LogP contribution in [-0.4, -0.2) is 12.0 Å². The summed E-state index contributed by atoms with van der Waals surface area (Å²) in [5.41, 5.74) is 0.528. The molecule has 11 heavy (non-hydrogen) atoms. The zero-order valence-corrected chi connectivity index (χ0v) is 6.58. The molecule has 0 spiro atoms. The van der Waals surface area contributed by atoms with Crippen molar-refractivity contribution in [3.05, 3.63) is 37.1 Å². The van der Waals surface area contributed by atoms with Crippen molar-refractivity contribution in [1.82, 2.24) is 0 Å². The van der Waals surface area contributed by atoms with E-state index in [1.54, 1.807) is 12.2 Å². The van der Waals surface area contributed by atoms with Crippen molar-refractivity contribution < 1.29 is 4.79 Å². The Bertz CT molecular complexity index is 224. The van der Waals surface area contributed by atoms with Crippen LogP contribution in [0.2, 0.25) is 0 Å². The predicted octanol–water partition coefficient (Wildman–Crippen LogP) is 1.90.